The van der Waals surface area contributed by atoms with Gasteiger partial charge in [0.15, 0.2) is 0 Å². The summed E-state index contributed by atoms with van der Waals surface area (Å²) in [5.74, 6) is -1.72. The number of anilines is 1. The van der Waals surface area contributed by atoms with Gasteiger partial charge in [0, 0.05) is 6.54 Å². The number of nitro groups is 1. The third kappa shape index (κ3) is 3.69. The molecule has 0 unspecified atom stereocenters. The SMILES string of the molecule is CCC(CC)(CNc1cc(Br)c(F)cc1[N+](=O)[O-])C(=O)O. The van der Waals surface area contributed by atoms with Gasteiger partial charge in [-0.15, -0.1) is 0 Å². The number of rotatable bonds is 7. The van der Waals surface area contributed by atoms with Crippen LogP contribution >= 0.6 is 15.9 Å². The lowest BCUT2D eigenvalue weighted by atomic mass is 9.82. The summed E-state index contributed by atoms with van der Waals surface area (Å²) in [5.41, 5.74) is -1.36. The molecule has 21 heavy (non-hydrogen) atoms. The van der Waals surface area contributed by atoms with Crippen molar-refractivity contribution in [1.29, 1.82) is 0 Å². The molecule has 0 spiro atoms. The number of carboxylic acids is 1. The van der Waals surface area contributed by atoms with Gasteiger partial charge in [-0.25, -0.2) is 4.39 Å². The molecule has 2 N–H and O–H groups in total. The molecule has 8 heteroatoms. The van der Waals surface area contributed by atoms with Gasteiger partial charge in [-0.1, -0.05) is 13.8 Å². The van der Waals surface area contributed by atoms with Crippen LogP contribution in [0.25, 0.3) is 0 Å². The van der Waals surface area contributed by atoms with Crippen LogP contribution in [0.2, 0.25) is 0 Å². The highest BCUT2D eigenvalue weighted by molar-refractivity contribution is 9.10. The molecule has 0 aliphatic heterocycles. The second-order valence-electron chi connectivity index (χ2n) is 4.69. The highest BCUT2D eigenvalue weighted by Gasteiger charge is 2.35. The van der Waals surface area contributed by atoms with E-state index in [4.69, 9.17) is 0 Å². The summed E-state index contributed by atoms with van der Waals surface area (Å²) in [7, 11) is 0. The van der Waals surface area contributed by atoms with Crippen LogP contribution in [-0.2, 0) is 4.79 Å². The Hall–Kier alpha value is -1.70. The highest BCUT2D eigenvalue weighted by Crippen LogP contribution is 2.33. The van der Waals surface area contributed by atoms with Crippen LogP contribution in [0.4, 0.5) is 15.8 Å². The number of benzene rings is 1. The fourth-order valence-electron chi connectivity index (χ4n) is 1.97. The molecule has 116 valence electrons. The van der Waals surface area contributed by atoms with Crippen LogP contribution in [0.1, 0.15) is 26.7 Å². The molecule has 0 atom stereocenters. The molecule has 0 fully saturated rings. The van der Waals surface area contributed by atoms with Gasteiger partial charge in [-0.05, 0) is 34.8 Å². The molecule has 0 aromatic heterocycles. The lowest BCUT2D eigenvalue weighted by Gasteiger charge is -2.27. The Morgan fingerprint density at radius 3 is 2.48 bits per heavy atom. The lowest BCUT2D eigenvalue weighted by Crippen LogP contribution is -2.37. The summed E-state index contributed by atoms with van der Waals surface area (Å²) >= 11 is 2.96. The smallest absolute Gasteiger partial charge is 0.311 e. The molecule has 0 saturated carbocycles. The third-order valence-corrected chi connectivity index (χ3v) is 4.27. The molecule has 1 aromatic carbocycles. The Kier molecular flexibility index (Phi) is 5.65. The van der Waals surface area contributed by atoms with E-state index in [1.807, 2.05) is 0 Å². The van der Waals surface area contributed by atoms with Gasteiger partial charge < -0.3 is 10.4 Å². The largest absolute Gasteiger partial charge is 0.481 e. The zero-order chi connectivity index (χ0) is 16.2. The number of carbonyl (C=O) groups is 1. The second-order valence-corrected chi connectivity index (χ2v) is 5.54. The Labute approximate surface area is 129 Å². The molecule has 0 heterocycles. The predicted octanol–water partition coefficient (Wildman–Crippen LogP) is 3.80. The zero-order valence-corrected chi connectivity index (χ0v) is 13.2. The summed E-state index contributed by atoms with van der Waals surface area (Å²) < 4.78 is 13.5. The molecule has 0 aliphatic rings. The molecule has 0 amide bonds. The van der Waals surface area contributed by atoms with E-state index < -0.39 is 27.8 Å². The highest BCUT2D eigenvalue weighted by atomic mass is 79.9. The average Bonchev–Trinajstić information content (AvgIpc) is 2.43. The first-order valence-corrected chi connectivity index (χ1v) is 7.17. The van der Waals surface area contributed by atoms with Crippen molar-refractivity contribution >= 4 is 33.3 Å². The van der Waals surface area contributed by atoms with Gasteiger partial charge in [-0.2, -0.15) is 0 Å². The normalized spacial score (nSPS) is 11.2. The summed E-state index contributed by atoms with van der Waals surface area (Å²) in [6.07, 6.45) is 0.754. The van der Waals surface area contributed by atoms with Gasteiger partial charge in [0.1, 0.15) is 11.5 Å². The van der Waals surface area contributed by atoms with Crippen molar-refractivity contribution in [2.24, 2.45) is 5.41 Å². The number of carboxylic acid groups (broad SMARTS) is 1. The molecule has 6 nitrogen and oxygen atoms in total. The zero-order valence-electron chi connectivity index (χ0n) is 11.7. The number of nitrogens with one attached hydrogen (secondary N) is 1. The molecular weight excluding hydrogens is 347 g/mol. The van der Waals surface area contributed by atoms with Crippen LogP contribution in [0.5, 0.6) is 0 Å². The van der Waals surface area contributed by atoms with Gasteiger partial charge in [0.2, 0.25) is 0 Å². The molecule has 0 aliphatic carbocycles. The van der Waals surface area contributed by atoms with Crippen molar-refractivity contribution in [2.75, 3.05) is 11.9 Å². The van der Waals surface area contributed by atoms with Crippen LogP contribution in [0, 0.1) is 21.3 Å². The standard InChI is InChI=1S/C13H16BrFN2O4/c1-3-13(4-2,12(18)19)7-16-10-5-8(14)9(15)6-11(10)17(20)21/h5-6,16H,3-4,7H2,1-2H3,(H,18,19). The van der Waals surface area contributed by atoms with Crippen LogP contribution in [0.15, 0.2) is 16.6 Å². The minimum Gasteiger partial charge on any atom is -0.481 e. The third-order valence-electron chi connectivity index (χ3n) is 3.66. The quantitative estimate of drug-likeness (QED) is 0.568. The van der Waals surface area contributed by atoms with E-state index in [9.17, 15) is 24.4 Å². The first-order valence-electron chi connectivity index (χ1n) is 6.38. The number of nitro benzene ring substituents is 1. The predicted molar refractivity (Wildman–Crippen MR) is 79.9 cm³/mol. The molecular formula is C13H16BrFN2O4. The van der Waals surface area contributed by atoms with E-state index in [2.05, 4.69) is 21.2 Å². The van der Waals surface area contributed by atoms with Crippen LogP contribution in [0.3, 0.4) is 0 Å². The number of hydrogen-bond acceptors (Lipinski definition) is 4. The number of nitrogens with zero attached hydrogens (tertiary/aromatic N) is 1. The monoisotopic (exact) mass is 362 g/mol. The number of aliphatic carboxylic acids is 1. The molecule has 1 rings (SSSR count). The summed E-state index contributed by atoms with van der Waals surface area (Å²) in [4.78, 5) is 21.6. The minimum absolute atomic E-state index is 0.0221. The summed E-state index contributed by atoms with van der Waals surface area (Å²) in [6, 6.07) is 2.04. The van der Waals surface area contributed by atoms with E-state index in [0.29, 0.717) is 12.8 Å². The topological polar surface area (TPSA) is 92.5 Å². The van der Waals surface area contributed by atoms with Crippen molar-refractivity contribution in [1.82, 2.24) is 0 Å². The maximum atomic E-state index is 13.4. The fraction of sp³-hybridized carbons (Fsp3) is 0.462. The Morgan fingerprint density at radius 1 is 1.48 bits per heavy atom. The van der Waals surface area contributed by atoms with Gasteiger partial charge in [-0.3, -0.25) is 14.9 Å². The molecule has 0 saturated heterocycles. The molecule has 0 bridgehead atoms. The van der Waals surface area contributed by atoms with Crippen molar-refractivity contribution in [2.45, 2.75) is 26.7 Å². The maximum absolute atomic E-state index is 13.4. The van der Waals surface area contributed by atoms with E-state index in [0.717, 1.165) is 6.07 Å². The minimum atomic E-state index is -1.02. The van der Waals surface area contributed by atoms with Gasteiger partial charge >= 0.3 is 5.97 Å². The lowest BCUT2D eigenvalue weighted by molar-refractivity contribution is -0.384. The van der Waals surface area contributed by atoms with Crippen molar-refractivity contribution in [3.05, 3.63) is 32.5 Å². The molecule has 1 aromatic rings. The first-order chi connectivity index (χ1) is 9.77. The average molecular weight is 363 g/mol. The van der Waals surface area contributed by atoms with E-state index >= 15 is 0 Å². The Balaban J connectivity index is 3.10. The summed E-state index contributed by atoms with van der Waals surface area (Å²) in [5, 5.41) is 23.1. The van der Waals surface area contributed by atoms with Gasteiger partial charge in [0.25, 0.3) is 5.69 Å². The van der Waals surface area contributed by atoms with Crippen molar-refractivity contribution in [3.8, 4) is 0 Å². The van der Waals surface area contributed by atoms with E-state index in [1.54, 1.807) is 13.8 Å². The van der Waals surface area contributed by atoms with Gasteiger partial charge in [0.05, 0.1) is 20.9 Å². The number of hydrogen-bond donors (Lipinski definition) is 2. The molecule has 0 radical (unpaired) electrons. The Bertz CT molecular complexity index is 561. The summed E-state index contributed by atoms with van der Waals surface area (Å²) in [6.45, 7) is 3.51. The fourth-order valence-corrected chi connectivity index (χ4v) is 2.31. The van der Waals surface area contributed by atoms with Crippen molar-refractivity contribution < 1.29 is 19.2 Å². The number of halogens is 2. The van der Waals surface area contributed by atoms with Crippen LogP contribution < -0.4 is 5.32 Å². The van der Waals surface area contributed by atoms with E-state index in [-0.39, 0.29) is 16.7 Å². The maximum Gasteiger partial charge on any atom is 0.311 e. The van der Waals surface area contributed by atoms with E-state index in [1.165, 1.54) is 6.07 Å². The van der Waals surface area contributed by atoms with Crippen molar-refractivity contribution in [3.63, 3.8) is 0 Å². The van der Waals surface area contributed by atoms with Crippen LogP contribution in [-0.4, -0.2) is 22.5 Å². The Morgan fingerprint density at radius 2 is 2.05 bits per heavy atom. The first kappa shape index (κ1) is 17.4. The second kappa shape index (κ2) is 6.84.